The molecule has 0 spiro atoms. The van der Waals surface area contributed by atoms with Gasteiger partial charge in [0.05, 0.1) is 0 Å². The van der Waals surface area contributed by atoms with Gasteiger partial charge in [-0.2, -0.15) is 0 Å². The summed E-state index contributed by atoms with van der Waals surface area (Å²) in [6.45, 7) is 3.78. The van der Waals surface area contributed by atoms with Gasteiger partial charge in [-0.1, -0.05) is 141 Å². The van der Waals surface area contributed by atoms with Gasteiger partial charge < -0.3 is 5.11 Å². The summed E-state index contributed by atoms with van der Waals surface area (Å²) in [7, 11) is 0. The Kier molecular flexibility index (Phi) is 25.6. The van der Waals surface area contributed by atoms with Crippen LogP contribution >= 0.6 is 0 Å². The second kappa shape index (κ2) is 26.2. The highest BCUT2D eigenvalue weighted by Crippen LogP contribution is 2.15. The van der Waals surface area contributed by atoms with E-state index in [9.17, 15) is 4.79 Å². The van der Waals surface area contributed by atoms with Gasteiger partial charge in [0.25, 0.3) is 0 Å². The van der Waals surface area contributed by atoms with Crippen LogP contribution in [0, 0.1) is 0 Å². The lowest BCUT2D eigenvalue weighted by Crippen LogP contribution is -1.93. The number of hydrogen-bond donors (Lipinski definition) is 1. The molecule has 30 heavy (non-hydrogen) atoms. The third-order valence-electron chi connectivity index (χ3n) is 6.30. The van der Waals surface area contributed by atoms with Crippen molar-refractivity contribution in [3.05, 3.63) is 12.7 Å². The average molecular weight is 423 g/mol. The van der Waals surface area contributed by atoms with Crippen molar-refractivity contribution in [1.82, 2.24) is 0 Å². The van der Waals surface area contributed by atoms with E-state index in [2.05, 4.69) is 6.58 Å². The Hall–Kier alpha value is -0.790. The molecule has 0 saturated heterocycles. The van der Waals surface area contributed by atoms with Crippen molar-refractivity contribution < 1.29 is 9.90 Å². The van der Waals surface area contributed by atoms with Crippen LogP contribution in [0.2, 0.25) is 0 Å². The van der Waals surface area contributed by atoms with Crippen molar-refractivity contribution >= 4 is 5.97 Å². The average Bonchev–Trinajstić information content (AvgIpc) is 2.73. The minimum Gasteiger partial charge on any atom is -0.481 e. The molecule has 2 heteroatoms. The van der Waals surface area contributed by atoms with E-state index in [0.29, 0.717) is 6.42 Å². The second-order valence-electron chi connectivity index (χ2n) is 9.35. The van der Waals surface area contributed by atoms with E-state index < -0.39 is 5.97 Å². The zero-order valence-corrected chi connectivity index (χ0v) is 20.3. The van der Waals surface area contributed by atoms with Crippen molar-refractivity contribution in [1.29, 1.82) is 0 Å². The van der Waals surface area contributed by atoms with E-state index in [1.165, 1.54) is 141 Å². The maximum Gasteiger partial charge on any atom is 0.303 e. The highest BCUT2D eigenvalue weighted by Gasteiger charge is 1.97. The number of carboxylic acids is 1. The topological polar surface area (TPSA) is 37.3 Å². The second-order valence-corrected chi connectivity index (χ2v) is 9.35. The maximum absolute atomic E-state index is 10.4. The number of carboxylic acid groups (broad SMARTS) is 1. The van der Waals surface area contributed by atoms with E-state index >= 15 is 0 Å². The monoisotopic (exact) mass is 422 g/mol. The minimum absolute atomic E-state index is 0.344. The summed E-state index contributed by atoms with van der Waals surface area (Å²) in [6, 6.07) is 0. The molecule has 0 aliphatic rings. The van der Waals surface area contributed by atoms with Crippen molar-refractivity contribution in [2.75, 3.05) is 0 Å². The summed E-state index contributed by atoms with van der Waals surface area (Å²) < 4.78 is 0. The Balaban J connectivity index is 3.00. The first-order valence-electron chi connectivity index (χ1n) is 13.6. The molecule has 0 saturated carbocycles. The van der Waals surface area contributed by atoms with Crippen molar-refractivity contribution in [2.24, 2.45) is 0 Å². The molecule has 0 aromatic heterocycles. The Labute approximate surface area is 189 Å². The molecule has 0 rings (SSSR count). The minimum atomic E-state index is -0.651. The molecule has 0 heterocycles. The highest BCUT2D eigenvalue weighted by atomic mass is 16.4. The number of carbonyl (C=O) groups is 1. The Morgan fingerprint density at radius 2 is 0.700 bits per heavy atom. The van der Waals surface area contributed by atoms with Crippen LogP contribution in [-0.4, -0.2) is 11.1 Å². The smallest absolute Gasteiger partial charge is 0.303 e. The van der Waals surface area contributed by atoms with E-state index in [1.807, 2.05) is 6.08 Å². The molecule has 0 aromatic rings. The molecule has 0 bridgehead atoms. The molecular weight excluding hydrogens is 368 g/mol. The molecule has 0 unspecified atom stereocenters. The van der Waals surface area contributed by atoms with Crippen LogP contribution < -0.4 is 0 Å². The summed E-state index contributed by atoms with van der Waals surface area (Å²) in [5.41, 5.74) is 0. The number of rotatable bonds is 26. The summed E-state index contributed by atoms with van der Waals surface area (Å²) in [5, 5.41) is 8.59. The Morgan fingerprint density at radius 1 is 0.467 bits per heavy atom. The molecule has 178 valence electrons. The standard InChI is InChI=1S/C28H54O2/c1-2-3-4-5-6-7-8-9-10-11-12-13-14-15-16-17-18-19-20-21-22-23-24-25-26-27-28(29)30/h2H,1,3-27H2,(H,29,30). The first-order chi connectivity index (χ1) is 14.8. The van der Waals surface area contributed by atoms with Gasteiger partial charge >= 0.3 is 5.97 Å². The van der Waals surface area contributed by atoms with Gasteiger partial charge in [-0.15, -0.1) is 6.58 Å². The normalized spacial score (nSPS) is 11.1. The van der Waals surface area contributed by atoms with Crippen LogP contribution in [-0.2, 0) is 4.79 Å². The predicted molar refractivity (Wildman–Crippen MR) is 133 cm³/mol. The zero-order chi connectivity index (χ0) is 22.0. The number of unbranched alkanes of at least 4 members (excludes halogenated alkanes) is 23. The first-order valence-corrected chi connectivity index (χ1v) is 13.6. The van der Waals surface area contributed by atoms with Gasteiger partial charge in [0.1, 0.15) is 0 Å². The number of allylic oxidation sites excluding steroid dienone is 1. The molecule has 0 aromatic carbocycles. The summed E-state index contributed by atoms with van der Waals surface area (Å²) >= 11 is 0. The highest BCUT2D eigenvalue weighted by molar-refractivity contribution is 5.66. The van der Waals surface area contributed by atoms with E-state index in [-0.39, 0.29) is 0 Å². The molecule has 1 N–H and O–H groups in total. The molecule has 0 aliphatic heterocycles. The van der Waals surface area contributed by atoms with Crippen molar-refractivity contribution in [2.45, 2.75) is 161 Å². The fourth-order valence-corrected chi connectivity index (χ4v) is 4.28. The lowest BCUT2D eigenvalue weighted by atomic mass is 10.0. The van der Waals surface area contributed by atoms with Crippen LogP contribution in [0.15, 0.2) is 12.7 Å². The van der Waals surface area contributed by atoms with E-state index in [0.717, 1.165) is 12.8 Å². The summed E-state index contributed by atoms with van der Waals surface area (Å²) in [4.78, 5) is 10.4. The van der Waals surface area contributed by atoms with Crippen LogP contribution in [0.5, 0.6) is 0 Å². The van der Waals surface area contributed by atoms with Crippen LogP contribution in [0.4, 0.5) is 0 Å². The SMILES string of the molecule is C=CCCCCCCCCCCCCCCCCCCCCCCCCCC(=O)O. The zero-order valence-electron chi connectivity index (χ0n) is 20.3. The Bertz CT molecular complexity index is 351. The van der Waals surface area contributed by atoms with Crippen LogP contribution in [0.25, 0.3) is 0 Å². The fourth-order valence-electron chi connectivity index (χ4n) is 4.28. The maximum atomic E-state index is 10.4. The molecule has 0 aliphatic carbocycles. The lowest BCUT2D eigenvalue weighted by Gasteiger charge is -2.04. The van der Waals surface area contributed by atoms with Crippen LogP contribution in [0.3, 0.4) is 0 Å². The van der Waals surface area contributed by atoms with E-state index in [1.54, 1.807) is 0 Å². The Morgan fingerprint density at radius 3 is 0.933 bits per heavy atom. The van der Waals surface area contributed by atoms with Crippen LogP contribution in [0.1, 0.15) is 161 Å². The third-order valence-corrected chi connectivity index (χ3v) is 6.30. The van der Waals surface area contributed by atoms with Gasteiger partial charge in [-0.05, 0) is 19.3 Å². The van der Waals surface area contributed by atoms with E-state index in [4.69, 9.17) is 5.11 Å². The first kappa shape index (κ1) is 29.2. The summed E-state index contributed by atoms with van der Waals surface area (Å²) in [5.74, 6) is -0.651. The lowest BCUT2D eigenvalue weighted by molar-refractivity contribution is -0.137. The van der Waals surface area contributed by atoms with Gasteiger partial charge in [0, 0.05) is 6.42 Å². The molecule has 0 fully saturated rings. The fraction of sp³-hybridized carbons (Fsp3) is 0.893. The number of aliphatic carboxylic acids is 1. The summed E-state index contributed by atoms with van der Waals surface area (Å²) in [6.07, 6.45) is 35.0. The van der Waals surface area contributed by atoms with Gasteiger partial charge in [-0.25, -0.2) is 0 Å². The molecule has 0 amide bonds. The predicted octanol–water partition coefficient (Wildman–Crippen LogP) is 10.0. The van der Waals surface area contributed by atoms with Gasteiger partial charge in [0.15, 0.2) is 0 Å². The molecular formula is C28H54O2. The van der Waals surface area contributed by atoms with Crippen molar-refractivity contribution in [3.8, 4) is 0 Å². The quantitative estimate of drug-likeness (QED) is 0.111. The molecule has 0 atom stereocenters. The number of hydrogen-bond acceptors (Lipinski definition) is 1. The van der Waals surface area contributed by atoms with Crippen molar-refractivity contribution in [3.63, 3.8) is 0 Å². The third kappa shape index (κ3) is 27.2. The largest absolute Gasteiger partial charge is 0.481 e. The van der Waals surface area contributed by atoms with Gasteiger partial charge in [0.2, 0.25) is 0 Å². The van der Waals surface area contributed by atoms with Gasteiger partial charge in [-0.3, -0.25) is 4.79 Å². The molecule has 0 radical (unpaired) electrons. The molecule has 2 nitrogen and oxygen atoms in total.